The maximum absolute atomic E-state index is 4.65. The average molecular weight is 235 g/mol. The summed E-state index contributed by atoms with van der Waals surface area (Å²) in [6.45, 7) is 2.13. The zero-order chi connectivity index (χ0) is 11.7. The molecule has 2 N–H and O–H groups in total. The predicted octanol–water partition coefficient (Wildman–Crippen LogP) is 1.26. The Morgan fingerprint density at radius 3 is 2.59 bits per heavy atom. The van der Waals surface area contributed by atoms with Crippen LogP contribution in [0.1, 0.15) is 43.8 Å². The van der Waals surface area contributed by atoms with E-state index in [9.17, 15) is 0 Å². The van der Waals surface area contributed by atoms with Gasteiger partial charge in [-0.3, -0.25) is 5.10 Å². The molecule has 1 aromatic heterocycles. The fraction of sp³-hybridized carbons (Fsp3) is 0.833. The minimum atomic E-state index is 0.645. The normalized spacial score (nSPS) is 22.8. The Bertz CT molecular complexity index is 363. The van der Waals surface area contributed by atoms with Gasteiger partial charge in [-0.1, -0.05) is 6.42 Å². The maximum Gasteiger partial charge on any atom is 0.244 e. The van der Waals surface area contributed by atoms with Crippen LogP contribution in [0, 0.1) is 0 Å². The summed E-state index contributed by atoms with van der Waals surface area (Å²) in [4.78, 5) is 6.94. The van der Waals surface area contributed by atoms with Gasteiger partial charge in [-0.15, -0.1) is 5.10 Å². The Labute approximate surface area is 102 Å². The molecule has 1 aliphatic carbocycles. The first-order valence-electron chi connectivity index (χ1n) is 6.71. The minimum Gasteiger partial charge on any atom is -0.339 e. The molecule has 0 aromatic carbocycles. The molecule has 5 nitrogen and oxygen atoms in total. The third kappa shape index (κ3) is 2.16. The first kappa shape index (κ1) is 11.0. The summed E-state index contributed by atoms with van der Waals surface area (Å²) >= 11 is 0. The molecule has 0 unspecified atom stereocenters. The van der Waals surface area contributed by atoms with Gasteiger partial charge in [0.15, 0.2) is 0 Å². The van der Waals surface area contributed by atoms with Gasteiger partial charge >= 0.3 is 0 Å². The van der Waals surface area contributed by atoms with Gasteiger partial charge in [-0.2, -0.15) is 4.98 Å². The molecular formula is C12H21N5. The second-order valence-electron chi connectivity index (χ2n) is 5.20. The standard InChI is InChI=1S/C12H21N5/c1-13-10-5-7-17(8-6-10)12-14-11(15-16-12)9-3-2-4-9/h9-10,13H,2-8H2,1H3,(H,14,15,16). The van der Waals surface area contributed by atoms with Crippen molar-refractivity contribution in [3.8, 4) is 0 Å². The SMILES string of the molecule is CNC1CCN(c2n[nH]c(C3CCC3)n2)CC1. The number of anilines is 1. The molecule has 5 heteroatoms. The quantitative estimate of drug-likeness (QED) is 0.828. The fourth-order valence-corrected chi connectivity index (χ4v) is 2.64. The highest BCUT2D eigenvalue weighted by atomic mass is 15.4. The van der Waals surface area contributed by atoms with Crippen molar-refractivity contribution in [1.29, 1.82) is 0 Å². The van der Waals surface area contributed by atoms with Crippen molar-refractivity contribution in [2.75, 3.05) is 25.0 Å². The van der Waals surface area contributed by atoms with Gasteiger partial charge in [0.25, 0.3) is 0 Å². The van der Waals surface area contributed by atoms with Crippen LogP contribution in [0.3, 0.4) is 0 Å². The number of hydrogen-bond donors (Lipinski definition) is 2. The molecule has 0 radical (unpaired) electrons. The number of piperidine rings is 1. The van der Waals surface area contributed by atoms with Crippen molar-refractivity contribution in [1.82, 2.24) is 20.5 Å². The Morgan fingerprint density at radius 1 is 1.24 bits per heavy atom. The van der Waals surface area contributed by atoms with Crippen LogP contribution in [-0.2, 0) is 0 Å². The van der Waals surface area contributed by atoms with Crippen LogP contribution in [0.4, 0.5) is 5.95 Å². The van der Waals surface area contributed by atoms with Crippen LogP contribution < -0.4 is 10.2 Å². The van der Waals surface area contributed by atoms with E-state index < -0.39 is 0 Å². The number of aromatic amines is 1. The number of aromatic nitrogens is 3. The van der Waals surface area contributed by atoms with Gasteiger partial charge in [0, 0.05) is 25.0 Å². The zero-order valence-corrected chi connectivity index (χ0v) is 10.4. The van der Waals surface area contributed by atoms with E-state index in [1.165, 1.54) is 32.1 Å². The molecule has 94 valence electrons. The van der Waals surface area contributed by atoms with Crippen LogP contribution in [0.25, 0.3) is 0 Å². The van der Waals surface area contributed by atoms with Crippen molar-refractivity contribution in [2.24, 2.45) is 0 Å². The smallest absolute Gasteiger partial charge is 0.244 e. The van der Waals surface area contributed by atoms with E-state index in [0.29, 0.717) is 12.0 Å². The van der Waals surface area contributed by atoms with Crippen molar-refractivity contribution in [3.05, 3.63) is 5.82 Å². The number of nitrogens with zero attached hydrogens (tertiary/aromatic N) is 3. The Kier molecular flexibility index (Phi) is 3.01. The first-order valence-corrected chi connectivity index (χ1v) is 6.71. The lowest BCUT2D eigenvalue weighted by Gasteiger charge is -2.30. The van der Waals surface area contributed by atoms with E-state index in [4.69, 9.17) is 0 Å². The lowest BCUT2D eigenvalue weighted by molar-refractivity contribution is 0.402. The topological polar surface area (TPSA) is 56.8 Å². The molecule has 1 aliphatic heterocycles. The molecule has 2 aliphatic rings. The molecule has 0 bridgehead atoms. The van der Waals surface area contributed by atoms with Crippen molar-refractivity contribution < 1.29 is 0 Å². The Balaban J connectivity index is 1.62. The second-order valence-corrected chi connectivity index (χ2v) is 5.20. The largest absolute Gasteiger partial charge is 0.339 e. The van der Waals surface area contributed by atoms with Gasteiger partial charge in [0.2, 0.25) is 5.95 Å². The summed E-state index contributed by atoms with van der Waals surface area (Å²) in [6.07, 6.45) is 6.26. The zero-order valence-electron chi connectivity index (χ0n) is 10.4. The number of H-pyrrole nitrogens is 1. The highest BCUT2D eigenvalue weighted by Crippen LogP contribution is 2.34. The molecule has 1 saturated carbocycles. The van der Waals surface area contributed by atoms with Crippen molar-refractivity contribution >= 4 is 5.95 Å². The lowest BCUT2D eigenvalue weighted by atomic mass is 9.85. The molecule has 1 aromatic rings. The van der Waals surface area contributed by atoms with Crippen LogP contribution in [0.2, 0.25) is 0 Å². The van der Waals surface area contributed by atoms with E-state index in [-0.39, 0.29) is 0 Å². The van der Waals surface area contributed by atoms with Crippen LogP contribution in [-0.4, -0.2) is 41.4 Å². The van der Waals surface area contributed by atoms with Gasteiger partial charge < -0.3 is 10.2 Å². The summed E-state index contributed by atoms with van der Waals surface area (Å²) in [5.74, 6) is 2.65. The molecule has 2 fully saturated rings. The lowest BCUT2D eigenvalue weighted by Crippen LogP contribution is -2.41. The predicted molar refractivity (Wildman–Crippen MR) is 67.3 cm³/mol. The summed E-state index contributed by atoms with van der Waals surface area (Å²) in [6, 6.07) is 0.663. The Morgan fingerprint density at radius 2 is 2.00 bits per heavy atom. The number of rotatable bonds is 3. The second kappa shape index (κ2) is 4.64. The molecule has 3 rings (SSSR count). The van der Waals surface area contributed by atoms with E-state index in [2.05, 4.69) is 25.4 Å². The van der Waals surface area contributed by atoms with E-state index in [1.54, 1.807) is 0 Å². The van der Waals surface area contributed by atoms with Gasteiger partial charge in [-0.25, -0.2) is 0 Å². The summed E-state index contributed by atoms with van der Waals surface area (Å²) < 4.78 is 0. The molecule has 0 atom stereocenters. The molecule has 2 heterocycles. The van der Waals surface area contributed by atoms with E-state index in [1.807, 2.05) is 7.05 Å². The summed E-state index contributed by atoms with van der Waals surface area (Å²) in [5.41, 5.74) is 0. The van der Waals surface area contributed by atoms with Gasteiger partial charge in [0.05, 0.1) is 0 Å². The van der Waals surface area contributed by atoms with E-state index in [0.717, 1.165) is 24.9 Å². The van der Waals surface area contributed by atoms with Gasteiger partial charge in [0.1, 0.15) is 5.82 Å². The Hall–Kier alpha value is -1.10. The van der Waals surface area contributed by atoms with Crippen LogP contribution in [0.5, 0.6) is 0 Å². The van der Waals surface area contributed by atoms with Crippen molar-refractivity contribution in [3.63, 3.8) is 0 Å². The molecule has 17 heavy (non-hydrogen) atoms. The number of nitrogens with one attached hydrogen (secondary N) is 2. The monoisotopic (exact) mass is 235 g/mol. The van der Waals surface area contributed by atoms with Crippen molar-refractivity contribution in [2.45, 2.75) is 44.1 Å². The highest BCUT2D eigenvalue weighted by molar-refractivity contribution is 5.30. The average Bonchev–Trinajstić information content (AvgIpc) is 2.76. The fourth-order valence-electron chi connectivity index (χ4n) is 2.64. The van der Waals surface area contributed by atoms with E-state index >= 15 is 0 Å². The molecule has 1 saturated heterocycles. The summed E-state index contributed by atoms with van der Waals surface area (Å²) in [5, 5.41) is 10.8. The number of hydrogen-bond acceptors (Lipinski definition) is 4. The van der Waals surface area contributed by atoms with Gasteiger partial charge in [-0.05, 0) is 32.7 Å². The highest BCUT2D eigenvalue weighted by Gasteiger charge is 2.25. The van der Waals surface area contributed by atoms with Crippen LogP contribution in [0.15, 0.2) is 0 Å². The molecular weight excluding hydrogens is 214 g/mol. The summed E-state index contributed by atoms with van der Waals surface area (Å²) in [7, 11) is 2.04. The van der Waals surface area contributed by atoms with Crippen LogP contribution >= 0.6 is 0 Å². The third-order valence-corrected chi connectivity index (χ3v) is 4.17. The minimum absolute atomic E-state index is 0.645. The first-order chi connectivity index (χ1) is 8.36. The molecule has 0 spiro atoms. The maximum atomic E-state index is 4.65. The molecule has 0 amide bonds. The third-order valence-electron chi connectivity index (χ3n) is 4.17.